The molecule has 1 aliphatic carbocycles. The molecular formula is C37H36N2. The lowest BCUT2D eigenvalue weighted by atomic mass is 9.81. The molecule has 0 saturated heterocycles. The summed E-state index contributed by atoms with van der Waals surface area (Å²) in [5.41, 5.74) is 9.97. The van der Waals surface area contributed by atoms with Crippen LogP contribution < -0.4 is 5.32 Å². The highest BCUT2D eigenvalue weighted by Crippen LogP contribution is 2.40. The van der Waals surface area contributed by atoms with E-state index in [4.69, 9.17) is 0 Å². The van der Waals surface area contributed by atoms with E-state index in [9.17, 15) is 5.26 Å². The molecular weight excluding hydrogens is 472 g/mol. The molecule has 2 heteroatoms. The second-order valence-corrected chi connectivity index (χ2v) is 9.73. The second-order valence-electron chi connectivity index (χ2n) is 9.73. The number of benzene rings is 3. The number of allylic oxidation sites excluding steroid dienone is 12. The number of hydrogen-bond donors (Lipinski definition) is 1. The van der Waals surface area contributed by atoms with Crippen LogP contribution in [0, 0.1) is 11.3 Å². The number of nitrogens with zero attached hydrogens (tertiary/aromatic N) is 1. The van der Waals surface area contributed by atoms with E-state index in [0.717, 1.165) is 45.4 Å². The first-order valence-electron chi connectivity index (χ1n) is 13.5. The Balaban J connectivity index is 1.93. The Morgan fingerprint density at radius 2 is 1.74 bits per heavy atom. The van der Waals surface area contributed by atoms with Crippen LogP contribution in [0.3, 0.4) is 0 Å². The van der Waals surface area contributed by atoms with E-state index < -0.39 is 0 Å². The molecule has 0 fully saturated rings. The van der Waals surface area contributed by atoms with Crippen LogP contribution >= 0.6 is 0 Å². The van der Waals surface area contributed by atoms with E-state index in [-0.39, 0.29) is 0 Å². The number of hydrogen-bond acceptors (Lipinski definition) is 2. The van der Waals surface area contributed by atoms with Crippen LogP contribution in [0.4, 0.5) is 0 Å². The van der Waals surface area contributed by atoms with Crippen LogP contribution in [-0.2, 0) is 0 Å². The molecule has 0 unspecified atom stereocenters. The zero-order valence-corrected chi connectivity index (χ0v) is 23.4. The fourth-order valence-corrected chi connectivity index (χ4v) is 5.00. The van der Waals surface area contributed by atoms with E-state index in [0.29, 0.717) is 12.0 Å². The summed E-state index contributed by atoms with van der Waals surface area (Å²) < 4.78 is 0. The van der Waals surface area contributed by atoms with Gasteiger partial charge in [-0.3, -0.25) is 0 Å². The molecule has 0 aliphatic heterocycles. The Morgan fingerprint density at radius 1 is 1.00 bits per heavy atom. The second kappa shape index (κ2) is 12.8. The first-order chi connectivity index (χ1) is 19.0. The third-order valence-corrected chi connectivity index (χ3v) is 7.09. The summed E-state index contributed by atoms with van der Waals surface area (Å²) in [6.07, 6.45) is 14.3. The molecule has 0 atom stereocenters. The van der Waals surface area contributed by atoms with Gasteiger partial charge in [0.05, 0.1) is 5.57 Å². The van der Waals surface area contributed by atoms with Crippen molar-refractivity contribution in [2.24, 2.45) is 0 Å². The van der Waals surface area contributed by atoms with Crippen molar-refractivity contribution in [2.75, 3.05) is 7.05 Å². The monoisotopic (exact) mass is 508 g/mol. The minimum Gasteiger partial charge on any atom is -0.393 e. The van der Waals surface area contributed by atoms with Gasteiger partial charge in [-0.25, -0.2) is 0 Å². The summed E-state index contributed by atoms with van der Waals surface area (Å²) in [5, 5.41) is 16.1. The summed E-state index contributed by atoms with van der Waals surface area (Å²) in [5.74, 6) is 0. The van der Waals surface area contributed by atoms with Crippen LogP contribution in [-0.4, -0.2) is 7.05 Å². The predicted octanol–water partition coefficient (Wildman–Crippen LogP) is 9.63. The van der Waals surface area contributed by atoms with Crippen molar-refractivity contribution < 1.29 is 0 Å². The zero-order valence-electron chi connectivity index (χ0n) is 23.4. The van der Waals surface area contributed by atoms with E-state index in [1.54, 1.807) is 0 Å². The van der Waals surface area contributed by atoms with Crippen molar-refractivity contribution in [1.82, 2.24) is 5.32 Å². The van der Waals surface area contributed by atoms with Crippen LogP contribution in [0.1, 0.15) is 39.2 Å². The van der Waals surface area contributed by atoms with Gasteiger partial charge in [0, 0.05) is 24.4 Å². The lowest BCUT2D eigenvalue weighted by Crippen LogP contribution is -2.08. The van der Waals surface area contributed by atoms with Crippen molar-refractivity contribution in [2.45, 2.75) is 33.6 Å². The third-order valence-electron chi connectivity index (χ3n) is 7.09. The molecule has 0 bridgehead atoms. The molecule has 0 aromatic heterocycles. The highest BCUT2D eigenvalue weighted by atomic mass is 14.8. The maximum absolute atomic E-state index is 10.5. The van der Waals surface area contributed by atoms with Crippen molar-refractivity contribution in [3.8, 4) is 17.2 Å². The maximum Gasteiger partial charge on any atom is 0.100 e. The van der Waals surface area contributed by atoms with Crippen LogP contribution in [0.15, 0.2) is 143 Å². The number of rotatable bonds is 6. The predicted molar refractivity (Wildman–Crippen MR) is 168 cm³/mol. The molecule has 0 heterocycles. The normalized spacial score (nSPS) is 20.1. The van der Waals surface area contributed by atoms with Crippen LogP contribution in [0.25, 0.3) is 27.5 Å². The first kappa shape index (κ1) is 27.4. The molecule has 194 valence electrons. The number of fused-ring (bicyclic) bond motifs is 1. The summed E-state index contributed by atoms with van der Waals surface area (Å²) in [7, 11) is 1.86. The third kappa shape index (κ3) is 6.11. The minimum absolute atomic E-state index is 0.626. The molecule has 0 spiro atoms. The quantitative estimate of drug-likeness (QED) is 0.336. The van der Waals surface area contributed by atoms with Crippen molar-refractivity contribution >= 4 is 16.3 Å². The molecule has 39 heavy (non-hydrogen) atoms. The van der Waals surface area contributed by atoms with Crippen LogP contribution in [0.2, 0.25) is 0 Å². The molecule has 0 amide bonds. The number of nitrogens with one attached hydrogen (secondary N) is 1. The topological polar surface area (TPSA) is 35.8 Å². The molecule has 1 aliphatic rings. The Labute approximate surface area is 233 Å². The molecule has 2 nitrogen and oxygen atoms in total. The Kier molecular flexibility index (Phi) is 8.97. The van der Waals surface area contributed by atoms with Gasteiger partial charge in [0.25, 0.3) is 0 Å². The van der Waals surface area contributed by atoms with Gasteiger partial charge in [-0.1, -0.05) is 98.5 Å². The molecule has 3 aromatic carbocycles. The summed E-state index contributed by atoms with van der Waals surface area (Å²) in [6.45, 7) is 10.7. The van der Waals surface area contributed by atoms with Gasteiger partial charge in [0.1, 0.15) is 6.07 Å². The molecule has 0 radical (unpaired) electrons. The lowest BCUT2D eigenvalue weighted by molar-refractivity contribution is 1.05. The Hall–Kier alpha value is -4.61. The van der Waals surface area contributed by atoms with Gasteiger partial charge in [0.2, 0.25) is 0 Å². The fraction of sp³-hybridized carbons (Fsp3) is 0.162. The first-order valence-corrected chi connectivity index (χ1v) is 13.5. The summed E-state index contributed by atoms with van der Waals surface area (Å²) in [4.78, 5) is 0. The standard InChI is InChI=1S/C37H36N2/c1-6-8-9-13-26(3)34-20-27(4)36(25-39-5)35(24-38)37(28(7-2)21-34)33-17-12-16-31(23-33)32-19-18-29-14-10-11-15-30(29)22-32/h7-19,21-23,25,39H,4,6,20H2,1-3,5H3/b9-8-,26-13+,28-7+,34-21+,36-25+,37-35+. The zero-order chi connectivity index (χ0) is 27.8. The average Bonchev–Trinajstić information content (AvgIpc) is 2.96. The van der Waals surface area contributed by atoms with Gasteiger partial charge in [-0.2, -0.15) is 5.26 Å². The van der Waals surface area contributed by atoms with Crippen molar-refractivity contribution in [1.29, 1.82) is 5.26 Å². The molecule has 0 saturated carbocycles. The average molecular weight is 509 g/mol. The Morgan fingerprint density at radius 3 is 2.46 bits per heavy atom. The van der Waals surface area contributed by atoms with Gasteiger partial charge in [-0.05, 0) is 88.6 Å². The highest BCUT2D eigenvalue weighted by Gasteiger charge is 2.22. The fourth-order valence-electron chi connectivity index (χ4n) is 5.00. The molecule has 1 N–H and O–H groups in total. The SMILES string of the molecule is C=C1CC(/C(C)=C/C=C\CC)=C\C(=C/C)C(\c2cccc(-c3ccc4ccccc4c3)c2)=C(C#N)/C1=C/NC. The summed E-state index contributed by atoms with van der Waals surface area (Å²) in [6, 6.07) is 26.0. The Bertz CT molecular complexity index is 1630. The van der Waals surface area contributed by atoms with Crippen molar-refractivity contribution in [3.05, 3.63) is 149 Å². The number of nitriles is 1. The maximum atomic E-state index is 10.5. The van der Waals surface area contributed by atoms with Gasteiger partial charge < -0.3 is 5.32 Å². The van der Waals surface area contributed by atoms with Gasteiger partial charge >= 0.3 is 0 Å². The largest absolute Gasteiger partial charge is 0.393 e. The molecule has 4 rings (SSSR count). The highest BCUT2D eigenvalue weighted by molar-refractivity contribution is 5.93. The smallest absolute Gasteiger partial charge is 0.100 e. The van der Waals surface area contributed by atoms with E-state index in [1.165, 1.54) is 21.9 Å². The van der Waals surface area contributed by atoms with Gasteiger partial charge in [0.15, 0.2) is 0 Å². The van der Waals surface area contributed by atoms with E-state index in [2.05, 4.69) is 129 Å². The van der Waals surface area contributed by atoms with Crippen molar-refractivity contribution in [3.63, 3.8) is 0 Å². The van der Waals surface area contributed by atoms with Crippen LogP contribution in [0.5, 0.6) is 0 Å². The minimum atomic E-state index is 0.626. The lowest BCUT2D eigenvalue weighted by Gasteiger charge is -2.22. The van der Waals surface area contributed by atoms with E-state index >= 15 is 0 Å². The van der Waals surface area contributed by atoms with E-state index in [1.807, 2.05) is 20.2 Å². The summed E-state index contributed by atoms with van der Waals surface area (Å²) >= 11 is 0. The molecule has 3 aromatic rings. The van der Waals surface area contributed by atoms with Gasteiger partial charge in [-0.15, -0.1) is 0 Å².